The molecule has 7 heteroatoms. The summed E-state index contributed by atoms with van der Waals surface area (Å²) >= 11 is 0. The molecule has 0 saturated heterocycles. The largest absolute Gasteiger partial charge is 0.357 e. The zero-order valence-corrected chi connectivity index (χ0v) is 13.7. The Morgan fingerprint density at radius 2 is 1.86 bits per heavy atom. The number of hydrogen-bond acceptors (Lipinski definition) is 3. The highest BCUT2D eigenvalue weighted by Crippen LogP contribution is 2.30. The van der Waals surface area contributed by atoms with Gasteiger partial charge in [-0.25, -0.2) is 8.42 Å². The lowest BCUT2D eigenvalue weighted by Crippen LogP contribution is -2.15. The third-order valence-electron chi connectivity index (χ3n) is 3.84. The second-order valence-corrected chi connectivity index (χ2v) is 7.02. The van der Waals surface area contributed by atoms with Crippen molar-refractivity contribution in [2.24, 2.45) is 7.05 Å². The number of benzene rings is 1. The van der Waals surface area contributed by atoms with Gasteiger partial charge in [-0.15, -0.1) is 0 Å². The fraction of sp³-hybridized carbons (Fsp3) is 0.267. The van der Waals surface area contributed by atoms with Gasteiger partial charge in [0.05, 0.1) is 17.1 Å². The van der Waals surface area contributed by atoms with Gasteiger partial charge in [-0.1, -0.05) is 18.2 Å². The second-order valence-electron chi connectivity index (χ2n) is 5.40. The number of aromatic nitrogens is 3. The predicted molar refractivity (Wildman–Crippen MR) is 86.5 cm³/mol. The van der Waals surface area contributed by atoms with E-state index in [4.69, 9.17) is 0 Å². The van der Waals surface area contributed by atoms with Gasteiger partial charge < -0.3 is 4.98 Å². The number of H-pyrrole nitrogens is 1. The Morgan fingerprint density at radius 1 is 1.18 bits per heavy atom. The van der Waals surface area contributed by atoms with Crippen molar-refractivity contribution in [3.63, 3.8) is 0 Å². The van der Waals surface area contributed by atoms with Crippen LogP contribution in [0.15, 0.2) is 29.2 Å². The first kappa shape index (κ1) is 14.6. The lowest BCUT2D eigenvalue weighted by molar-refractivity contribution is 0.599. The summed E-state index contributed by atoms with van der Waals surface area (Å²) in [6, 6.07) is 7.60. The normalized spacial score (nSPS) is 12.0. The third kappa shape index (κ3) is 2.18. The van der Waals surface area contributed by atoms with E-state index < -0.39 is 10.0 Å². The third-order valence-corrected chi connectivity index (χ3v) is 5.44. The number of para-hydroxylation sites is 1. The minimum absolute atomic E-state index is 0.236. The molecule has 3 aromatic rings. The maximum absolute atomic E-state index is 12.8. The van der Waals surface area contributed by atoms with Crippen LogP contribution in [0.2, 0.25) is 0 Å². The molecule has 3 rings (SSSR count). The number of aryl methyl sites for hydroxylation is 3. The quantitative estimate of drug-likeness (QED) is 0.779. The Morgan fingerprint density at radius 3 is 2.50 bits per heavy atom. The fourth-order valence-corrected chi connectivity index (χ4v) is 4.32. The molecule has 0 aliphatic heterocycles. The average Bonchev–Trinajstić information content (AvgIpc) is 2.88. The smallest absolute Gasteiger partial charge is 0.265 e. The van der Waals surface area contributed by atoms with Gasteiger partial charge in [-0.3, -0.25) is 9.40 Å². The first-order valence-corrected chi connectivity index (χ1v) is 8.40. The summed E-state index contributed by atoms with van der Waals surface area (Å²) < 4.78 is 29.8. The van der Waals surface area contributed by atoms with Gasteiger partial charge in [0.15, 0.2) is 0 Å². The molecule has 0 fully saturated rings. The molecule has 0 aliphatic rings. The van der Waals surface area contributed by atoms with Crippen LogP contribution in [0.4, 0.5) is 5.69 Å². The summed E-state index contributed by atoms with van der Waals surface area (Å²) in [6.45, 7) is 5.29. The van der Waals surface area contributed by atoms with E-state index in [9.17, 15) is 8.42 Å². The highest BCUT2D eigenvalue weighted by Gasteiger charge is 2.25. The molecular formula is C15H18N4O2S. The van der Waals surface area contributed by atoms with E-state index >= 15 is 0 Å². The molecule has 6 nitrogen and oxygen atoms in total. The van der Waals surface area contributed by atoms with Crippen molar-refractivity contribution < 1.29 is 8.42 Å². The van der Waals surface area contributed by atoms with Gasteiger partial charge in [-0.05, 0) is 26.8 Å². The van der Waals surface area contributed by atoms with E-state index in [-0.39, 0.29) is 4.90 Å². The summed E-state index contributed by atoms with van der Waals surface area (Å²) in [5.41, 5.74) is 3.37. The van der Waals surface area contributed by atoms with Gasteiger partial charge in [0.1, 0.15) is 4.90 Å². The molecule has 1 aromatic carbocycles. The number of hydrogen-bond donors (Lipinski definition) is 2. The Hall–Kier alpha value is -2.28. The van der Waals surface area contributed by atoms with E-state index in [1.165, 1.54) is 0 Å². The SMILES string of the molecule is Cc1nn(C)c(C)c1S(=O)(=O)Nc1c(C)[nH]c2ccccc12. The second kappa shape index (κ2) is 4.88. The van der Waals surface area contributed by atoms with Crippen molar-refractivity contribution in [2.75, 3.05) is 4.72 Å². The summed E-state index contributed by atoms with van der Waals surface area (Å²) in [5, 5.41) is 5.03. The molecule has 0 saturated carbocycles. The molecule has 2 N–H and O–H groups in total. The van der Waals surface area contributed by atoms with Gasteiger partial charge >= 0.3 is 0 Å². The van der Waals surface area contributed by atoms with E-state index in [0.717, 1.165) is 16.6 Å². The van der Waals surface area contributed by atoms with Crippen molar-refractivity contribution >= 4 is 26.6 Å². The van der Waals surface area contributed by atoms with E-state index in [1.807, 2.05) is 31.2 Å². The van der Waals surface area contributed by atoms with Crippen molar-refractivity contribution in [2.45, 2.75) is 25.7 Å². The van der Waals surface area contributed by atoms with E-state index in [0.29, 0.717) is 17.1 Å². The van der Waals surface area contributed by atoms with Crippen LogP contribution in [0.25, 0.3) is 10.9 Å². The van der Waals surface area contributed by atoms with Gasteiger partial charge in [0, 0.05) is 23.6 Å². The fourth-order valence-electron chi connectivity index (χ4n) is 2.74. The first-order valence-electron chi connectivity index (χ1n) is 6.91. The Labute approximate surface area is 129 Å². The molecule has 0 bridgehead atoms. The molecule has 2 heterocycles. The first-order chi connectivity index (χ1) is 10.3. The molecule has 22 heavy (non-hydrogen) atoms. The number of nitrogens with one attached hydrogen (secondary N) is 2. The molecule has 0 aliphatic carbocycles. The monoisotopic (exact) mass is 318 g/mol. The zero-order valence-electron chi connectivity index (χ0n) is 12.9. The minimum Gasteiger partial charge on any atom is -0.357 e. The minimum atomic E-state index is -3.69. The lowest BCUT2D eigenvalue weighted by Gasteiger charge is -2.09. The average molecular weight is 318 g/mol. The Balaban J connectivity index is 2.13. The topological polar surface area (TPSA) is 79.8 Å². The summed E-state index contributed by atoms with van der Waals surface area (Å²) in [4.78, 5) is 3.42. The lowest BCUT2D eigenvalue weighted by atomic mass is 10.2. The number of aromatic amines is 1. The number of sulfonamides is 1. The molecule has 116 valence electrons. The van der Waals surface area contributed by atoms with Crippen LogP contribution in [0.5, 0.6) is 0 Å². The summed E-state index contributed by atoms with van der Waals surface area (Å²) in [7, 11) is -1.96. The van der Waals surface area contributed by atoms with Gasteiger partial charge in [-0.2, -0.15) is 5.10 Å². The molecule has 0 atom stereocenters. The van der Waals surface area contributed by atoms with E-state index in [1.54, 1.807) is 25.6 Å². The standard InChI is InChI=1S/C15H18N4O2S/c1-9-14(12-7-5-6-8-13(12)16-9)18-22(20,21)15-10(2)17-19(4)11(15)3/h5-8,16,18H,1-4H3. The Bertz CT molecular complexity index is 967. The van der Waals surface area contributed by atoms with Crippen molar-refractivity contribution in [1.82, 2.24) is 14.8 Å². The highest BCUT2D eigenvalue weighted by molar-refractivity contribution is 7.92. The highest BCUT2D eigenvalue weighted by atomic mass is 32.2. The Kier molecular flexibility index (Phi) is 3.25. The molecular weight excluding hydrogens is 300 g/mol. The summed E-state index contributed by atoms with van der Waals surface area (Å²) in [5.74, 6) is 0. The molecule has 0 amide bonds. The van der Waals surface area contributed by atoms with Crippen molar-refractivity contribution in [1.29, 1.82) is 0 Å². The molecule has 2 aromatic heterocycles. The van der Waals surface area contributed by atoms with Gasteiger partial charge in [0.25, 0.3) is 10.0 Å². The number of fused-ring (bicyclic) bond motifs is 1. The van der Waals surface area contributed by atoms with Crippen LogP contribution >= 0.6 is 0 Å². The maximum Gasteiger partial charge on any atom is 0.265 e. The van der Waals surface area contributed by atoms with Crippen LogP contribution in [-0.2, 0) is 17.1 Å². The molecule has 0 radical (unpaired) electrons. The van der Waals surface area contributed by atoms with Crippen LogP contribution in [0.1, 0.15) is 17.1 Å². The van der Waals surface area contributed by atoms with Crippen LogP contribution in [-0.4, -0.2) is 23.2 Å². The molecule has 0 spiro atoms. The van der Waals surface area contributed by atoms with Crippen LogP contribution in [0.3, 0.4) is 0 Å². The summed E-state index contributed by atoms with van der Waals surface area (Å²) in [6.07, 6.45) is 0. The van der Waals surface area contributed by atoms with E-state index in [2.05, 4.69) is 14.8 Å². The van der Waals surface area contributed by atoms with Crippen LogP contribution in [0, 0.1) is 20.8 Å². The maximum atomic E-state index is 12.8. The number of nitrogens with zero attached hydrogens (tertiary/aromatic N) is 2. The predicted octanol–water partition coefficient (Wildman–Crippen LogP) is 2.63. The van der Waals surface area contributed by atoms with Crippen LogP contribution < -0.4 is 4.72 Å². The van der Waals surface area contributed by atoms with Crippen molar-refractivity contribution in [3.8, 4) is 0 Å². The van der Waals surface area contributed by atoms with Crippen molar-refractivity contribution in [3.05, 3.63) is 41.3 Å². The van der Waals surface area contributed by atoms with Gasteiger partial charge in [0.2, 0.25) is 0 Å². The number of anilines is 1. The zero-order chi connectivity index (χ0) is 16.1. The number of rotatable bonds is 3. The molecule has 0 unspecified atom stereocenters.